The Kier molecular flexibility index (Phi) is 2.99. The van der Waals surface area contributed by atoms with Gasteiger partial charge in [0.25, 0.3) is 0 Å². The second-order valence-corrected chi connectivity index (χ2v) is 4.85. The van der Waals surface area contributed by atoms with Crippen LogP contribution in [0.2, 0.25) is 0 Å². The van der Waals surface area contributed by atoms with Crippen LogP contribution in [0.15, 0.2) is 54.9 Å². The van der Waals surface area contributed by atoms with Gasteiger partial charge in [0.15, 0.2) is 11.6 Å². The number of hydrogen-bond donors (Lipinski definition) is 2. The largest absolute Gasteiger partial charge is 0.324 e. The zero-order chi connectivity index (χ0) is 15.6. The quantitative estimate of drug-likeness (QED) is 0.606. The van der Waals surface area contributed by atoms with Crippen LogP contribution in [0.1, 0.15) is 5.56 Å². The molecule has 0 bridgehead atoms. The maximum Gasteiger partial charge on any atom is 0.206 e. The van der Waals surface area contributed by atoms with Gasteiger partial charge in [0.05, 0.1) is 17.2 Å². The number of pyridine rings is 1. The molecule has 0 saturated carbocycles. The van der Waals surface area contributed by atoms with Gasteiger partial charge in [0.1, 0.15) is 11.6 Å². The molecule has 0 aliphatic rings. The topological polar surface area (TPSA) is 95.2 Å². The number of imidazole rings is 1. The minimum absolute atomic E-state index is 0.413. The first kappa shape index (κ1) is 13.0. The number of nitriles is 1. The number of anilines is 2. The Balaban J connectivity index is 1.79. The van der Waals surface area contributed by atoms with E-state index in [4.69, 9.17) is 0 Å². The Morgan fingerprint density at radius 1 is 1.13 bits per heavy atom. The number of hydrogen-bond acceptors (Lipinski definition) is 5. The van der Waals surface area contributed by atoms with E-state index in [0.29, 0.717) is 23.1 Å². The van der Waals surface area contributed by atoms with E-state index < -0.39 is 0 Å². The fourth-order valence-corrected chi connectivity index (χ4v) is 2.33. The summed E-state index contributed by atoms with van der Waals surface area (Å²) in [6.45, 7) is 0. The van der Waals surface area contributed by atoms with Crippen LogP contribution in [0.5, 0.6) is 0 Å². The number of H-pyrrole nitrogens is 1. The zero-order valence-corrected chi connectivity index (χ0v) is 11.9. The van der Waals surface area contributed by atoms with Crippen LogP contribution >= 0.6 is 0 Å². The molecule has 2 N–H and O–H groups in total. The van der Waals surface area contributed by atoms with E-state index in [1.807, 2.05) is 42.5 Å². The van der Waals surface area contributed by atoms with E-state index >= 15 is 0 Å². The molecular formula is C16H11N7. The summed E-state index contributed by atoms with van der Waals surface area (Å²) in [5, 5.41) is 16.7. The van der Waals surface area contributed by atoms with Crippen LogP contribution in [0.25, 0.3) is 16.9 Å². The highest BCUT2D eigenvalue weighted by Crippen LogP contribution is 2.23. The third-order valence-electron chi connectivity index (χ3n) is 3.38. The fourth-order valence-electron chi connectivity index (χ4n) is 2.33. The highest BCUT2D eigenvalue weighted by atomic mass is 15.4. The smallest absolute Gasteiger partial charge is 0.206 e. The molecule has 0 atom stereocenters. The predicted octanol–water partition coefficient (Wildman–Crippen LogP) is 2.76. The summed E-state index contributed by atoms with van der Waals surface area (Å²) < 4.78 is 1.58. The van der Waals surface area contributed by atoms with Gasteiger partial charge in [0, 0.05) is 6.20 Å². The first-order valence-electron chi connectivity index (χ1n) is 6.96. The SMILES string of the molecule is N#Cc1cnn(-c2ccccn2)c1Nc1nc2ccccc2[nH]1. The Bertz CT molecular complexity index is 975. The molecule has 7 nitrogen and oxygen atoms in total. The Morgan fingerprint density at radius 3 is 2.78 bits per heavy atom. The van der Waals surface area contributed by atoms with Gasteiger partial charge in [-0.2, -0.15) is 15.0 Å². The number of aromatic nitrogens is 5. The summed E-state index contributed by atoms with van der Waals surface area (Å²) in [7, 11) is 0. The number of para-hydroxylation sites is 2. The molecule has 0 aliphatic carbocycles. The summed E-state index contributed by atoms with van der Waals surface area (Å²) in [5.74, 6) is 1.68. The van der Waals surface area contributed by atoms with Crippen molar-refractivity contribution < 1.29 is 0 Å². The lowest BCUT2D eigenvalue weighted by molar-refractivity contribution is 0.853. The number of nitrogens with zero attached hydrogens (tertiary/aromatic N) is 5. The van der Waals surface area contributed by atoms with Crippen molar-refractivity contribution in [3.63, 3.8) is 0 Å². The van der Waals surface area contributed by atoms with Crippen LogP contribution in [0.3, 0.4) is 0 Å². The number of fused-ring (bicyclic) bond motifs is 1. The lowest BCUT2D eigenvalue weighted by Crippen LogP contribution is -2.05. The fraction of sp³-hybridized carbons (Fsp3) is 0. The van der Waals surface area contributed by atoms with Crippen LogP contribution < -0.4 is 5.32 Å². The molecule has 0 radical (unpaired) electrons. The van der Waals surface area contributed by atoms with Crippen molar-refractivity contribution in [1.29, 1.82) is 5.26 Å². The van der Waals surface area contributed by atoms with E-state index in [1.165, 1.54) is 6.20 Å². The second kappa shape index (κ2) is 5.27. The first-order chi connectivity index (χ1) is 11.3. The molecule has 0 aliphatic heterocycles. The van der Waals surface area contributed by atoms with Gasteiger partial charge in [-0.25, -0.2) is 9.97 Å². The molecule has 0 saturated heterocycles. The standard InChI is InChI=1S/C16H11N7/c17-9-11-10-19-23(14-7-3-4-8-18-14)15(11)22-16-20-12-5-1-2-6-13(12)21-16/h1-8,10H,(H2,20,21,22). The first-order valence-corrected chi connectivity index (χ1v) is 6.96. The summed E-state index contributed by atoms with van der Waals surface area (Å²) in [5.41, 5.74) is 2.17. The third-order valence-corrected chi connectivity index (χ3v) is 3.38. The monoisotopic (exact) mass is 301 g/mol. The summed E-state index contributed by atoms with van der Waals surface area (Å²) >= 11 is 0. The Labute approximate surface area is 131 Å². The molecule has 3 heterocycles. The second-order valence-electron chi connectivity index (χ2n) is 4.85. The summed E-state index contributed by atoms with van der Waals surface area (Å²) in [6.07, 6.45) is 3.17. The highest BCUT2D eigenvalue weighted by molar-refractivity contribution is 5.78. The minimum Gasteiger partial charge on any atom is -0.324 e. The van der Waals surface area contributed by atoms with Gasteiger partial charge in [-0.05, 0) is 24.3 Å². The number of rotatable bonds is 3. The molecule has 0 unspecified atom stereocenters. The molecule has 0 amide bonds. The lowest BCUT2D eigenvalue weighted by Gasteiger charge is -2.07. The molecule has 110 valence electrons. The summed E-state index contributed by atoms with van der Waals surface area (Å²) in [6, 6.07) is 15.3. The average molecular weight is 301 g/mol. The van der Waals surface area contributed by atoms with E-state index in [-0.39, 0.29) is 0 Å². The number of nitrogens with one attached hydrogen (secondary N) is 2. The minimum atomic E-state index is 0.413. The van der Waals surface area contributed by atoms with Crippen molar-refractivity contribution in [3.05, 3.63) is 60.4 Å². The van der Waals surface area contributed by atoms with Gasteiger partial charge in [-0.1, -0.05) is 18.2 Å². The zero-order valence-electron chi connectivity index (χ0n) is 11.9. The number of benzene rings is 1. The van der Waals surface area contributed by atoms with Crippen molar-refractivity contribution in [1.82, 2.24) is 24.7 Å². The maximum atomic E-state index is 9.30. The Hall–Kier alpha value is -3.66. The van der Waals surface area contributed by atoms with Crippen molar-refractivity contribution >= 4 is 22.8 Å². The van der Waals surface area contributed by atoms with Crippen LogP contribution in [-0.2, 0) is 0 Å². The van der Waals surface area contributed by atoms with E-state index in [2.05, 4.69) is 31.4 Å². The van der Waals surface area contributed by atoms with Gasteiger partial charge in [-0.15, -0.1) is 0 Å². The van der Waals surface area contributed by atoms with Crippen molar-refractivity contribution in [3.8, 4) is 11.9 Å². The van der Waals surface area contributed by atoms with E-state index in [9.17, 15) is 5.26 Å². The van der Waals surface area contributed by atoms with E-state index in [0.717, 1.165) is 11.0 Å². The molecule has 0 spiro atoms. The molecule has 0 fully saturated rings. The van der Waals surface area contributed by atoms with Crippen molar-refractivity contribution in [2.24, 2.45) is 0 Å². The molecule has 7 heteroatoms. The van der Waals surface area contributed by atoms with Crippen LogP contribution in [0.4, 0.5) is 11.8 Å². The third kappa shape index (κ3) is 2.28. The molecule has 4 aromatic rings. The average Bonchev–Trinajstić information content (AvgIpc) is 3.19. The normalized spacial score (nSPS) is 10.6. The van der Waals surface area contributed by atoms with Crippen LogP contribution in [-0.4, -0.2) is 24.7 Å². The maximum absolute atomic E-state index is 9.30. The van der Waals surface area contributed by atoms with Crippen molar-refractivity contribution in [2.75, 3.05) is 5.32 Å². The molecular weight excluding hydrogens is 290 g/mol. The van der Waals surface area contributed by atoms with Gasteiger partial charge in [0.2, 0.25) is 5.95 Å². The van der Waals surface area contributed by atoms with Gasteiger partial charge in [-0.3, -0.25) is 0 Å². The number of aromatic amines is 1. The van der Waals surface area contributed by atoms with Crippen LogP contribution in [0, 0.1) is 11.3 Å². The molecule has 23 heavy (non-hydrogen) atoms. The van der Waals surface area contributed by atoms with Gasteiger partial charge >= 0.3 is 0 Å². The molecule has 3 aromatic heterocycles. The van der Waals surface area contributed by atoms with Gasteiger partial charge < -0.3 is 10.3 Å². The predicted molar refractivity (Wildman–Crippen MR) is 85.5 cm³/mol. The highest BCUT2D eigenvalue weighted by Gasteiger charge is 2.14. The molecule has 4 rings (SSSR count). The van der Waals surface area contributed by atoms with Crippen molar-refractivity contribution in [2.45, 2.75) is 0 Å². The Morgan fingerprint density at radius 2 is 2.00 bits per heavy atom. The van der Waals surface area contributed by atoms with E-state index in [1.54, 1.807) is 10.9 Å². The summed E-state index contributed by atoms with van der Waals surface area (Å²) in [4.78, 5) is 11.9. The molecule has 1 aromatic carbocycles. The lowest BCUT2D eigenvalue weighted by atomic mass is 10.3.